The Morgan fingerprint density at radius 1 is 1.41 bits per heavy atom. The zero-order valence-corrected chi connectivity index (χ0v) is 14.4. The summed E-state index contributed by atoms with van der Waals surface area (Å²) < 4.78 is 17.3. The van der Waals surface area contributed by atoms with E-state index in [-0.39, 0.29) is 22.7 Å². The van der Waals surface area contributed by atoms with Gasteiger partial charge in [-0.05, 0) is 25.7 Å². The number of rotatable bonds is 5. The number of amides is 2. The third-order valence-corrected chi connectivity index (χ3v) is 7.34. The lowest BCUT2D eigenvalue weighted by molar-refractivity contribution is -0.126. The first-order chi connectivity index (χ1) is 10.5. The molecule has 3 rings (SSSR count). The lowest BCUT2D eigenvalue weighted by atomic mass is 9.54. The van der Waals surface area contributed by atoms with E-state index < -0.39 is 10.8 Å². The summed E-state index contributed by atoms with van der Waals surface area (Å²) in [6, 6.07) is 0.205. The number of carbonyl (C=O) groups excluding carboxylic acids is 1. The molecule has 1 saturated heterocycles. The van der Waals surface area contributed by atoms with Crippen molar-refractivity contribution in [3.05, 3.63) is 0 Å². The number of hydrogen-bond donors (Lipinski definition) is 2. The van der Waals surface area contributed by atoms with Gasteiger partial charge in [-0.15, -0.1) is 0 Å². The molecule has 0 aromatic rings. The Labute approximate surface area is 135 Å². The SMILES string of the molecule is C[C@H](CCNC(=O)N[C@@H]1[C@@H]2CCO[C@H]2C12CCCC2)[S@@](C)=O. The second-order valence-electron chi connectivity index (χ2n) is 7.16. The maximum Gasteiger partial charge on any atom is 0.315 e. The molecule has 5 nitrogen and oxygen atoms in total. The average molecular weight is 328 g/mol. The zero-order valence-electron chi connectivity index (χ0n) is 13.6. The highest BCUT2D eigenvalue weighted by Gasteiger charge is 2.65. The molecule has 1 spiro atoms. The summed E-state index contributed by atoms with van der Waals surface area (Å²) in [6.45, 7) is 3.38. The Kier molecular flexibility index (Phi) is 4.78. The minimum atomic E-state index is -0.825. The van der Waals surface area contributed by atoms with Gasteiger partial charge in [0.15, 0.2) is 0 Å². The van der Waals surface area contributed by atoms with Crippen LogP contribution in [0.5, 0.6) is 0 Å². The highest BCUT2D eigenvalue weighted by atomic mass is 32.2. The lowest BCUT2D eigenvalue weighted by Crippen LogP contribution is -2.69. The van der Waals surface area contributed by atoms with E-state index in [4.69, 9.17) is 4.74 Å². The van der Waals surface area contributed by atoms with Crippen molar-refractivity contribution >= 4 is 16.8 Å². The van der Waals surface area contributed by atoms with Crippen molar-refractivity contribution in [2.45, 2.75) is 62.8 Å². The molecule has 6 heteroatoms. The molecule has 0 radical (unpaired) electrons. The minimum Gasteiger partial charge on any atom is -0.377 e. The molecule has 1 aliphatic heterocycles. The topological polar surface area (TPSA) is 67.4 Å². The monoisotopic (exact) mass is 328 g/mol. The predicted molar refractivity (Wildman–Crippen MR) is 87.2 cm³/mol. The first-order valence-electron chi connectivity index (χ1n) is 8.53. The third kappa shape index (κ3) is 2.80. The van der Waals surface area contributed by atoms with Gasteiger partial charge in [0.25, 0.3) is 0 Å². The molecule has 0 aromatic heterocycles. The van der Waals surface area contributed by atoms with Crippen molar-refractivity contribution in [1.82, 2.24) is 10.6 Å². The molecule has 0 bridgehead atoms. The summed E-state index contributed by atoms with van der Waals surface area (Å²) in [5.74, 6) is 0.505. The standard InChI is InChI=1S/C16H28N2O3S/c1-11(22(2)20)5-9-17-15(19)18-13-12-6-10-21-14(12)16(13)7-3-4-8-16/h11-14H,3-10H2,1-2H3,(H2,17,18,19)/t11-,12+,13-,14-,22-/m1/s1. The molecule has 3 aliphatic rings. The van der Waals surface area contributed by atoms with Crippen LogP contribution in [0.4, 0.5) is 4.79 Å². The van der Waals surface area contributed by atoms with Crippen molar-refractivity contribution < 1.29 is 13.7 Å². The first-order valence-corrected chi connectivity index (χ1v) is 10.1. The molecule has 2 aliphatic carbocycles. The number of ether oxygens (including phenoxy) is 1. The van der Waals surface area contributed by atoms with Crippen LogP contribution >= 0.6 is 0 Å². The maximum atomic E-state index is 12.2. The molecule has 1 heterocycles. The van der Waals surface area contributed by atoms with Gasteiger partial charge in [0.05, 0.1) is 6.10 Å². The average Bonchev–Trinajstić information content (AvgIpc) is 3.12. The van der Waals surface area contributed by atoms with Crippen LogP contribution in [-0.2, 0) is 15.5 Å². The molecular weight excluding hydrogens is 300 g/mol. The normalized spacial score (nSPS) is 34.7. The lowest BCUT2D eigenvalue weighted by Gasteiger charge is -2.56. The quantitative estimate of drug-likeness (QED) is 0.808. The van der Waals surface area contributed by atoms with Crippen LogP contribution in [0.15, 0.2) is 0 Å². The van der Waals surface area contributed by atoms with Crippen molar-refractivity contribution in [3.63, 3.8) is 0 Å². The number of fused-ring (bicyclic) bond motifs is 2. The largest absolute Gasteiger partial charge is 0.377 e. The van der Waals surface area contributed by atoms with Crippen LogP contribution in [0.3, 0.4) is 0 Å². The molecule has 0 aromatic carbocycles. The van der Waals surface area contributed by atoms with Gasteiger partial charge in [-0.25, -0.2) is 4.79 Å². The summed E-state index contributed by atoms with van der Waals surface area (Å²) in [5.41, 5.74) is 0.205. The van der Waals surface area contributed by atoms with Crippen LogP contribution in [-0.4, -0.2) is 47.0 Å². The van der Waals surface area contributed by atoms with Crippen LogP contribution in [0, 0.1) is 11.3 Å². The van der Waals surface area contributed by atoms with Gasteiger partial charge in [0.1, 0.15) is 0 Å². The fraction of sp³-hybridized carbons (Fsp3) is 0.938. The van der Waals surface area contributed by atoms with Crippen molar-refractivity contribution in [2.75, 3.05) is 19.4 Å². The maximum absolute atomic E-state index is 12.2. The Hall–Kier alpha value is -0.620. The van der Waals surface area contributed by atoms with Crippen LogP contribution in [0.1, 0.15) is 45.4 Å². The van der Waals surface area contributed by atoms with Crippen LogP contribution in [0.2, 0.25) is 0 Å². The van der Waals surface area contributed by atoms with Gasteiger partial charge in [-0.1, -0.05) is 19.8 Å². The summed E-state index contributed by atoms with van der Waals surface area (Å²) in [6.07, 6.45) is 8.80. The zero-order chi connectivity index (χ0) is 15.7. The Morgan fingerprint density at radius 3 is 2.82 bits per heavy atom. The number of urea groups is 1. The molecule has 126 valence electrons. The fourth-order valence-electron chi connectivity index (χ4n) is 4.65. The van der Waals surface area contributed by atoms with Gasteiger partial charge < -0.3 is 15.4 Å². The summed E-state index contributed by atoms with van der Waals surface area (Å²) in [7, 11) is -0.825. The van der Waals surface area contributed by atoms with Gasteiger partial charge in [-0.2, -0.15) is 0 Å². The van der Waals surface area contributed by atoms with Crippen molar-refractivity contribution in [3.8, 4) is 0 Å². The van der Waals surface area contributed by atoms with Gasteiger partial charge in [-0.3, -0.25) is 4.21 Å². The minimum absolute atomic E-state index is 0.0734. The van der Waals surface area contributed by atoms with Crippen LogP contribution < -0.4 is 10.6 Å². The van der Waals surface area contributed by atoms with Gasteiger partial charge in [0, 0.05) is 52.8 Å². The molecule has 5 atom stereocenters. The molecule has 2 saturated carbocycles. The fourth-order valence-corrected chi connectivity index (χ4v) is 5.10. The van der Waals surface area contributed by atoms with E-state index in [2.05, 4.69) is 10.6 Å². The number of hydrogen-bond acceptors (Lipinski definition) is 3. The smallest absolute Gasteiger partial charge is 0.315 e. The molecule has 2 amide bonds. The summed E-state index contributed by atoms with van der Waals surface area (Å²) in [4.78, 5) is 12.2. The second-order valence-corrected chi connectivity index (χ2v) is 8.96. The number of carbonyl (C=O) groups is 1. The van der Waals surface area contributed by atoms with E-state index >= 15 is 0 Å². The summed E-state index contributed by atoms with van der Waals surface area (Å²) in [5, 5.41) is 6.27. The van der Waals surface area contributed by atoms with E-state index in [0.29, 0.717) is 18.6 Å². The Balaban J connectivity index is 1.49. The molecule has 22 heavy (non-hydrogen) atoms. The highest BCUT2D eigenvalue weighted by molar-refractivity contribution is 7.84. The molecule has 2 N–H and O–H groups in total. The third-order valence-electron chi connectivity index (χ3n) is 5.98. The molecule has 3 fully saturated rings. The Morgan fingerprint density at radius 2 is 2.14 bits per heavy atom. The van der Waals surface area contributed by atoms with Crippen molar-refractivity contribution in [2.24, 2.45) is 11.3 Å². The van der Waals surface area contributed by atoms with Crippen LogP contribution in [0.25, 0.3) is 0 Å². The second kappa shape index (κ2) is 6.48. The molecule has 0 unspecified atom stereocenters. The number of nitrogens with one attached hydrogen (secondary N) is 2. The van der Waals surface area contributed by atoms with Gasteiger partial charge >= 0.3 is 6.03 Å². The van der Waals surface area contributed by atoms with Gasteiger partial charge in [0.2, 0.25) is 0 Å². The molecular formula is C16H28N2O3S. The summed E-state index contributed by atoms with van der Waals surface area (Å²) >= 11 is 0. The highest BCUT2D eigenvalue weighted by Crippen LogP contribution is 2.60. The van der Waals surface area contributed by atoms with E-state index in [9.17, 15) is 9.00 Å². The Bertz CT molecular complexity index is 451. The first kappa shape index (κ1) is 16.2. The van der Waals surface area contributed by atoms with Crippen molar-refractivity contribution in [1.29, 1.82) is 0 Å². The predicted octanol–water partition coefficient (Wildman–Crippen LogP) is 1.79. The van der Waals surface area contributed by atoms with E-state index in [1.165, 1.54) is 25.7 Å². The van der Waals surface area contributed by atoms with E-state index in [1.54, 1.807) is 6.26 Å². The van der Waals surface area contributed by atoms with E-state index in [1.807, 2.05) is 6.92 Å². The van der Waals surface area contributed by atoms with E-state index in [0.717, 1.165) is 19.4 Å².